The van der Waals surface area contributed by atoms with Crippen molar-refractivity contribution in [1.82, 2.24) is 4.57 Å². The summed E-state index contributed by atoms with van der Waals surface area (Å²) in [5, 5.41) is 10.3. The molecule has 114 valence electrons. The number of fused-ring (bicyclic) bond motifs is 1. The van der Waals surface area contributed by atoms with Gasteiger partial charge in [-0.05, 0) is 30.7 Å². The summed E-state index contributed by atoms with van der Waals surface area (Å²) in [5.41, 5.74) is 3.34. The maximum absolute atomic E-state index is 10.3. The van der Waals surface area contributed by atoms with E-state index in [9.17, 15) is 5.11 Å². The molecule has 0 amide bonds. The van der Waals surface area contributed by atoms with Gasteiger partial charge in [-0.3, -0.25) is 0 Å². The quantitative estimate of drug-likeness (QED) is 0.733. The average Bonchev–Trinajstić information content (AvgIpc) is 2.83. The third-order valence-electron chi connectivity index (χ3n) is 3.82. The average molecular weight is 297 g/mol. The van der Waals surface area contributed by atoms with Gasteiger partial charge in [0.15, 0.2) is 11.0 Å². The normalized spacial score (nSPS) is 12.5. The summed E-state index contributed by atoms with van der Waals surface area (Å²) in [6.07, 6.45) is 1.44. The van der Waals surface area contributed by atoms with E-state index in [1.165, 1.54) is 0 Å². The number of aliphatic hydroxyl groups excluding tert-OH is 1. The first kappa shape index (κ1) is 14.6. The third-order valence-corrected chi connectivity index (χ3v) is 3.82. The Morgan fingerprint density at radius 1 is 1.14 bits per heavy atom. The Kier molecular flexibility index (Phi) is 4.11. The van der Waals surface area contributed by atoms with E-state index in [0.29, 0.717) is 6.54 Å². The number of imidazole rings is 1. The summed E-state index contributed by atoms with van der Waals surface area (Å²) in [4.78, 5) is 0. The molecule has 0 spiro atoms. The Labute approximate surface area is 130 Å². The molecule has 0 aliphatic carbocycles. The number of aromatic nitrogens is 2. The second-order valence-electron chi connectivity index (χ2n) is 5.60. The maximum Gasteiger partial charge on any atom is 0.244 e. The van der Waals surface area contributed by atoms with Crippen LogP contribution < -0.4 is 9.30 Å². The van der Waals surface area contributed by atoms with Crippen LogP contribution in [0, 0.1) is 6.92 Å². The first-order chi connectivity index (χ1) is 10.6. The molecule has 0 saturated carbocycles. The van der Waals surface area contributed by atoms with Crippen LogP contribution in [0.1, 0.15) is 5.56 Å². The number of hydrogen-bond donors (Lipinski definition) is 1. The minimum Gasteiger partial charge on any atom is -0.490 e. The van der Waals surface area contributed by atoms with Crippen LogP contribution in [0.15, 0.2) is 54.9 Å². The van der Waals surface area contributed by atoms with Crippen molar-refractivity contribution in [3.05, 3.63) is 60.4 Å². The topological polar surface area (TPSA) is 38.3 Å². The number of rotatable bonds is 5. The second-order valence-corrected chi connectivity index (χ2v) is 5.60. The summed E-state index contributed by atoms with van der Waals surface area (Å²) in [6, 6.07) is 16.0. The van der Waals surface area contributed by atoms with Crippen molar-refractivity contribution >= 4 is 11.0 Å². The van der Waals surface area contributed by atoms with Gasteiger partial charge in [0, 0.05) is 0 Å². The highest BCUT2D eigenvalue weighted by molar-refractivity contribution is 5.71. The molecule has 22 heavy (non-hydrogen) atoms. The summed E-state index contributed by atoms with van der Waals surface area (Å²) in [7, 11) is 2.01. The summed E-state index contributed by atoms with van der Waals surface area (Å²) < 4.78 is 9.84. The van der Waals surface area contributed by atoms with Crippen LogP contribution in [0.2, 0.25) is 0 Å². The smallest absolute Gasteiger partial charge is 0.244 e. The van der Waals surface area contributed by atoms with Gasteiger partial charge in [0.25, 0.3) is 0 Å². The fourth-order valence-corrected chi connectivity index (χ4v) is 2.67. The molecule has 1 heterocycles. The second kappa shape index (κ2) is 6.20. The minimum absolute atomic E-state index is 0.279. The largest absolute Gasteiger partial charge is 0.490 e. The Hall–Kier alpha value is -2.33. The van der Waals surface area contributed by atoms with Gasteiger partial charge in [-0.25, -0.2) is 9.13 Å². The Morgan fingerprint density at radius 2 is 1.86 bits per heavy atom. The van der Waals surface area contributed by atoms with E-state index in [2.05, 4.69) is 21.3 Å². The summed E-state index contributed by atoms with van der Waals surface area (Å²) in [5.74, 6) is 0.824. The molecule has 4 heteroatoms. The van der Waals surface area contributed by atoms with E-state index in [4.69, 9.17) is 4.74 Å². The molecule has 3 aromatic rings. The number of aliphatic hydroxyl groups is 1. The van der Waals surface area contributed by atoms with Crippen LogP contribution in [0.3, 0.4) is 0 Å². The highest BCUT2D eigenvalue weighted by Crippen LogP contribution is 2.17. The first-order valence-electron chi connectivity index (χ1n) is 7.45. The zero-order valence-corrected chi connectivity index (χ0v) is 12.9. The predicted molar refractivity (Wildman–Crippen MR) is 85.8 cm³/mol. The minimum atomic E-state index is -0.560. The van der Waals surface area contributed by atoms with Gasteiger partial charge >= 0.3 is 0 Å². The molecule has 0 bridgehead atoms. The molecule has 1 N–H and O–H groups in total. The lowest BCUT2D eigenvalue weighted by Gasteiger charge is -2.12. The van der Waals surface area contributed by atoms with E-state index >= 15 is 0 Å². The molecular formula is C18H21N2O2+. The lowest BCUT2D eigenvalue weighted by molar-refractivity contribution is -0.645. The van der Waals surface area contributed by atoms with Crippen molar-refractivity contribution in [1.29, 1.82) is 0 Å². The molecule has 1 aromatic heterocycles. The summed E-state index contributed by atoms with van der Waals surface area (Å²) in [6.45, 7) is 2.79. The van der Waals surface area contributed by atoms with Gasteiger partial charge in [-0.15, -0.1) is 0 Å². The molecule has 2 aromatic carbocycles. The van der Waals surface area contributed by atoms with E-state index in [1.54, 1.807) is 0 Å². The zero-order valence-electron chi connectivity index (χ0n) is 12.9. The number of para-hydroxylation sites is 3. The lowest BCUT2D eigenvalue weighted by Crippen LogP contribution is -2.27. The molecule has 1 unspecified atom stereocenters. The van der Waals surface area contributed by atoms with Crippen molar-refractivity contribution in [2.24, 2.45) is 7.05 Å². The SMILES string of the molecule is Cc1ccccc1OCC(O)Cn1c[n+](C)c2ccccc21. The molecular weight excluding hydrogens is 276 g/mol. The predicted octanol–water partition coefficient (Wildman–Crippen LogP) is 2.21. The van der Waals surface area contributed by atoms with Crippen molar-refractivity contribution in [3.8, 4) is 5.75 Å². The molecule has 0 saturated heterocycles. The van der Waals surface area contributed by atoms with Crippen molar-refractivity contribution in [3.63, 3.8) is 0 Å². The molecule has 3 rings (SSSR count). The zero-order chi connectivity index (χ0) is 15.5. The number of aryl methyl sites for hydroxylation is 2. The van der Waals surface area contributed by atoms with E-state index in [0.717, 1.165) is 22.3 Å². The molecule has 0 radical (unpaired) electrons. The Bertz CT molecular complexity index is 780. The highest BCUT2D eigenvalue weighted by atomic mass is 16.5. The van der Waals surface area contributed by atoms with Crippen LogP contribution in [-0.2, 0) is 13.6 Å². The van der Waals surface area contributed by atoms with E-state index in [-0.39, 0.29) is 6.61 Å². The summed E-state index contributed by atoms with van der Waals surface area (Å²) >= 11 is 0. The monoisotopic (exact) mass is 297 g/mol. The standard InChI is InChI=1S/C18H21N2O2/c1-14-7-3-6-10-18(14)22-12-15(21)11-20-13-19(2)16-8-4-5-9-17(16)20/h3-10,13,15,21H,11-12H2,1-2H3/q+1. The molecule has 0 aliphatic heterocycles. The number of hydrogen-bond acceptors (Lipinski definition) is 2. The number of benzene rings is 2. The molecule has 0 aliphatic rings. The van der Waals surface area contributed by atoms with Crippen LogP contribution in [0.25, 0.3) is 11.0 Å². The van der Waals surface area contributed by atoms with Gasteiger partial charge in [0.05, 0.1) is 7.05 Å². The van der Waals surface area contributed by atoms with Crippen molar-refractivity contribution < 1.29 is 14.4 Å². The van der Waals surface area contributed by atoms with Crippen molar-refractivity contribution in [2.45, 2.75) is 19.6 Å². The lowest BCUT2D eigenvalue weighted by atomic mass is 10.2. The van der Waals surface area contributed by atoms with Gasteiger partial charge in [-0.2, -0.15) is 0 Å². The van der Waals surface area contributed by atoms with Gasteiger partial charge < -0.3 is 9.84 Å². The highest BCUT2D eigenvalue weighted by Gasteiger charge is 2.16. The van der Waals surface area contributed by atoms with Crippen LogP contribution in [0.4, 0.5) is 0 Å². The van der Waals surface area contributed by atoms with E-state index in [1.807, 2.05) is 56.7 Å². The third kappa shape index (κ3) is 2.97. The Morgan fingerprint density at radius 3 is 2.68 bits per heavy atom. The van der Waals surface area contributed by atoms with Gasteiger partial charge in [0.1, 0.15) is 25.0 Å². The molecule has 4 nitrogen and oxygen atoms in total. The van der Waals surface area contributed by atoms with Crippen LogP contribution >= 0.6 is 0 Å². The van der Waals surface area contributed by atoms with Crippen LogP contribution in [0.5, 0.6) is 5.75 Å². The fourth-order valence-electron chi connectivity index (χ4n) is 2.67. The number of ether oxygens (including phenoxy) is 1. The van der Waals surface area contributed by atoms with E-state index < -0.39 is 6.10 Å². The fraction of sp³-hybridized carbons (Fsp3) is 0.278. The van der Waals surface area contributed by atoms with Gasteiger partial charge in [-0.1, -0.05) is 30.3 Å². The van der Waals surface area contributed by atoms with Gasteiger partial charge in [0.2, 0.25) is 6.33 Å². The van der Waals surface area contributed by atoms with Crippen molar-refractivity contribution in [2.75, 3.05) is 6.61 Å². The first-order valence-corrected chi connectivity index (χ1v) is 7.45. The molecule has 1 atom stereocenters. The van der Waals surface area contributed by atoms with Crippen LogP contribution in [-0.4, -0.2) is 22.4 Å². The number of nitrogens with zero attached hydrogens (tertiary/aromatic N) is 2. The maximum atomic E-state index is 10.3. The Balaban J connectivity index is 1.69. The molecule has 0 fully saturated rings.